The fourth-order valence-corrected chi connectivity index (χ4v) is 2.11. The molecular formula is C13H21Cl2N3O. The third kappa shape index (κ3) is 4.56. The van der Waals surface area contributed by atoms with E-state index in [-0.39, 0.29) is 30.7 Å². The van der Waals surface area contributed by atoms with Crippen molar-refractivity contribution in [2.24, 2.45) is 5.73 Å². The van der Waals surface area contributed by atoms with E-state index in [1.807, 2.05) is 23.1 Å². The minimum absolute atomic E-state index is 0. The first-order valence-corrected chi connectivity index (χ1v) is 6.03. The number of hydrogen-bond donors (Lipinski definition) is 1. The Morgan fingerprint density at radius 2 is 1.63 bits per heavy atom. The van der Waals surface area contributed by atoms with Crippen molar-refractivity contribution in [2.45, 2.75) is 13.0 Å². The van der Waals surface area contributed by atoms with Gasteiger partial charge in [0, 0.05) is 31.9 Å². The Kier molecular flexibility index (Phi) is 7.83. The molecule has 2 N–H and O–H groups in total. The molecule has 0 aromatic heterocycles. The Morgan fingerprint density at radius 1 is 1.11 bits per heavy atom. The topological polar surface area (TPSA) is 49.6 Å². The fourth-order valence-electron chi connectivity index (χ4n) is 2.11. The molecule has 1 atom stereocenters. The van der Waals surface area contributed by atoms with Gasteiger partial charge in [-0.3, -0.25) is 4.79 Å². The van der Waals surface area contributed by atoms with Gasteiger partial charge in [-0.25, -0.2) is 0 Å². The number of nitrogens with two attached hydrogens (primary N) is 1. The Balaban J connectivity index is 0.00000162. The summed E-state index contributed by atoms with van der Waals surface area (Å²) < 4.78 is 0. The molecule has 4 nitrogen and oxygen atoms in total. The highest BCUT2D eigenvalue weighted by Crippen LogP contribution is 2.15. The van der Waals surface area contributed by atoms with Crippen LogP contribution in [0.4, 0.5) is 5.69 Å². The molecule has 1 aliphatic rings. The second kappa shape index (κ2) is 8.25. The van der Waals surface area contributed by atoms with Crippen LogP contribution in [0.3, 0.4) is 0 Å². The minimum atomic E-state index is -0.390. The molecular weight excluding hydrogens is 285 g/mol. The second-order valence-electron chi connectivity index (χ2n) is 4.44. The first kappa shape index (κ1) is 18.0. The van der Waals surface area contributed by atoms with Crippen molar-refractivity contribution < 1.29 is 4.79 Å². The number of para-hydroxylation sites is 1. The maximum absolute atomic E-state index is 11.7. The number of nitrogens with zero attached hydrogens (tertiary/aromatic N) is 2. The van der Waals surface area contributed by atoms with Gasteiger partial charge in [0.15, 0.2) is 0 Å². The third-order valence-corrected chi connectivity index (χ3v) is 3.10. The van der Waals surface area contributed by atoms with Crippen LogP contribution in [0.5, 0.6) is 0 Å². The lowest BCUT2D eigenvalue weighted by molar-refractivity contribution is -0.132. The van der Waals surface area contributed by atoms with Crippen molar-refractivity contribution in [3.05, 3.63) is 30.3 Å². The number of piperazine rings is 1. The Bertz CT molecular complexity index is 379. The maximum atomic E-state index is 11.7. The number of anilines is 1. The summed E-state index contributed by atoms with van der Waals surface area (Å²) in [5, 5.41) is 0. The van der Waals surface area contributed by atoms with Gasteiger partial charge in [0.2, 0.25) is 5.91 Å². The minimum Gasteiger partial charge on any atom is -0.368 e. The van der Waals surface area contributed by atoms with Gasteiger partial charge in [-0.1, -0.05) is 18.2 Å². The van der Waals surface area contributed by atoms with E-state index in [1.54, 1.807) is 6.92 Å². The van der Waals surface area contributed by atoms with E-state index >= 15 is 0 Å². The van der Waals surface area contributed by atoms with Crippen LogP contribution >= 0.6 is 24.8 Å². The van der Waals surface area contributed by atoms with Gasteiger partial charge < -0.3 is 15.5 Å². The third-order valence-electron chi connectivity index (χ3n) is 3.10. The molecule has 1 heterocycles. The highest BCUT2D eigenvalue weighted by atomic mass is 35.5. The van der Waals surface area contributed by atoms with E-state index in [1.165, 1.54) is 5.69 Å². The van der Waals surface area contributed by atoms with Gasteiger partial charge >= 0.3 is 0 Å². The van der Waals surface area contributed by atoms with Crippen molar-refractivity contribution >= 4 is 36.4 Å². The zero-order valence-corrected chi connectivity index (χ0v) is 12.6. The molecule has 2 rings (SSSR count). The monoisotopic (exact) mass is 305 g/mol. The van der Waals surface area contributed by atoms with Gasteiger partial charge in [-0.15, -0.1) is 24.8 Å². The van der Waals surface area contributed by atoms with E-state index < -0.39 is 6.04 Å². The molecule has 0 bridgehead atoms. The summed E-state index contributed by atoms with van der Waals surface area (Å²) in [4.78, 5) is 15.9. The van der Waals surface area contributed by atoms with Gasteiger partial charge in [0.05, 0.1) is 6.04 Å². The number of rotatable bonds is 2. The molecule has 108 valence electrons. The molecule has 1 amide bonds. The summed E-state index contributed by atoms with van der Waals surface area (Å²) in [6, 6.07) is 9.90. The molecule has 1 aliphatic heterocycles. The van der Waals surface area contributed by atoms with Crippen LogP contribution in [0.2, 0.25) is 0 Å². The lowest BCUT2D eigenvalue weighted by atomic mass is 10.2. The van der Waals surface area contributed by atoms with E-state index in [0.29, 0.717) is 0 Å². The molecule has 6 heteroatoms. The van der Waals surface area contributed by atoms with Crippen molar-refractivity contribution in [2.75, 3.05) is 31.1 Å². The second-order valence-corrected chi connectivity index (χ2v) is 4.44. The average molecular weight is 306 g/mol. The number of hydrogen-bond acceptors (Lipinski definition) is 3. The van der Waals surface area contributed by atoms with E-state index in [0.717, 1.165) is 26.2 Å². The molecule has 19 heavy (non-hydrogen) atoms. The van der Waals surface area contributed by atoms with Crippen molar-refractivity contribution in [1.29, 1.82) is 0 Å². The van der Waals surface area contributed by atoms with E-state index in [4.69, 9.17) is 5.73 Å². The molecule has 1 saturated heterocycles. The first-order valence-electron chi connectivity index (χ1n) is 6.03. The van der Waals surface area contributed by atoms with Crippen molar-refractivity contribution in [1.82, 2.24) is 4.90 Å². The largest absolute Gasteiger partial charge is 0.368 e. The zero-order valence-electron chi connectivity index (χ0n) is 11.0. The van der Waals surface area contributed by atoms with Crippen LogP contribution in [-0.2, 0) is 4.79 Å². The van der Waals surface area contributed by atoms with Crippen LogP contribution in [-0.4, -0.2) is 43.0 Å². The van der Waals surface area contributed by atoms with Crippen LogP contribution in [0.1, 0.15) is 6.92 Å². The quantitative estimate of drug-likeness (QED) is 0.901. The lowest BCUT2D eigenvalue weighted by Gasteiger charge is -2.36. The summed E-state index contributed by atoms with van der Waals surface area (Å²) in [5.41, 5.74) is 6.83. The number of carbonyl (C=O) groups is 1. The van der Waals surface area contributed by atoms with Crippen LogP contribution in [0, 0.1) is 0 Å². The summed E-state index contributed by atoms with van der Waals surface area (Å²) in [6.07, 6.45) is 0. The molecule has 0 unspecified atom stereocenters. The van der Waals surface area contributed by atoms with Gasteiger partial charge in [0.1, 0.15) is 0 Å². The summed E-state index contributed by atoms with van der Waals surface area (Å²) in [5.74, 6) is 0.0534. The molecule has 0 radical (unpaired) electrons. The first-order chi connectivity index (χ1) is 8.18. The van der Waals surface area contributed by atoms with E-state index in [2.05, 4.69) is 17.0 Å². The van der Waals surface area contributed by atoms with Crippen molar-refractivity contribution in [3.8, 4) is 0 Å². The number of carbonyl (C=O) groups excluding carboxylic acids is 1. The summed E-state index contributed by atoms with van der Waals surface area (Å²) >= 11 is 0. The zero-order chi connectivity index (χ0) is 12.3. The Hall–Kier alpha value is -0.970. The van der Waals surface area contributed by atoms with Crippen LogP contribution < -0.4 is 10.6 Å². The molecule has 0 saturated carbocycles. The molecule has 1 aromatic carbocycles. The number of amides is 1. The van der Waals surface area contributed by atoms with Gasteiger partial charge in [-0.05, 0) is 19.1 Å². The average Bonchev–Trinajstić information content (AvgIpc) is 2.39. The Labute approximate surface area is 126 Å². The fraction of sp³-hybridized carbons (Fsp3) is 0.462. The number of benzene rings is 1. The molecule has 0 aliphatic carbocycles. The smallest absolute Gasteiger partial charge is 0.239 e. The SMILES string of the molecule is C[C@H](N)C(=O)N1CCN(c2ccccc2)CC1.Cl.Cl. The van der Waals surface area contributed by atoms with Crippen molar-refractivity contribution in [3.63, 3.8) is 0 Å². The van der Waals surface area contributed by atoms with Crippen LogP contribution in [0.15, 0.2) is 30.3 Å². The standard InChI is InChI=1S/C13H19N3O.2ClH/c1-11(14)13(17)16-9-7-15(8-10-16)12-5-3-2-4-6-12;;/h2-6,11H,7-10,14H2,1H3;2*1H/t11-;;/m0../s1. The number of halogens is 2. The maximum Gasteiger partial charge on any atom is 0.239 e. The van der Waals surface area contributed by atoms with Gasteiger partial charge in [0.25, 0.3) is 0 Å². The Morgan fingerprint density at radius 3 is 2.11 bits per heavy atom. The predicted octanol–water partition coefficient (Wildman–Crippen LogP) is 1.53. The van der Waals surface area contributed by atoms with E-state index in [9.17, 15) is 4.79 Å². The predicted molar refractivity (Wildman–Crippen MR) is 83.4 cm³/mol. The normalized spacial score (nSPS) is 16.1. The molecule has 1 aromatic rings. The van der Waals surface area contributed by atoms with Gasteiger partial charge in [-0.2, -0.15) is 0 Å². The van der Waals surface area contributed by atoms with Crippen LogP contribution in [0.25, 0.3) is 0 Å². The summed E-state index contributed by atoms with van der Waals surface area (Å²) in [7, 11) is 0. The molecule has 0 spiro atoms. The lowest BCUT2D eigenvalue weighted by Crippen LogP contribution is -2.52. The molecule has 1 fully saturated rings. The highest BCUT2D eigenvalue weighted by Gasteiger charge is 2.22. The highest BCUT2D eigenvalue weighted by molar-refractivity contribution is 5.85. The summed E-state index contributed by atoms with van der Waals surface area (Å²) in [6.45, 7) is 5.02.